The number of hydrogen-bond donors (Lipinski definition) is 0. The molecule has 0 aromatic heterocycles. The van der Waals surface area contributed by atoms with Gasteiger partial charge in [0.05, 0.1) is 4.92 Å². The molecule has 146 valence electrons. The normalized spacial score (nSPS) is 18.0. The zero-order valence-corrected chi connectivity index (χ0v) is 15.9. The third-order valence-corrected chi connectivity index (χ3v) is 7.32. The first-order chi connectivity index (χ1) is 13.4. The van der Waals surface area contributed by atoms with Crippen molar-refractivity contribution in [2.24, 2.45) is 5.92 Å². The number of halogens is 1. The Hall–Kier alpha value is -2.58. The fourth-order valence-corrected chi connectivity index (χ4v) is 5.31. The van der Waals surface area contributed by atoms with Crippen molar-refractivity contribution in [1.29, 1.82) is 0 Å². The van der Waals surface area contributed by atoms with Crippen LogP contribution >= 0.6 is 0 Å². The lowest BCUT2D eigenvalue weighted by Gasteiger charge is -2.29. The molecule has 1 fully saturated rings. The first-order valence-electron chi connectivity index (χ1n) is 9.10. The molecule has 0 saturated heterocycles. The fourth-order valence-electron chi connectivity index (χ4n) is 3.79. The van der Waals surface area contributed by atoms with Crippen molar-refractivity contribution in [2.45, 2.75) is 30.7 Å². The Morgan fingerprint density at radius 3 is 2.57 bits per heavy atom. The Labute approximate surface area is 162 Å². The highest BCUT2D eigenvalue weighted by Gasteiger charge is 2.34. The van der Waals surface area contributed by atoms with Crippen LogP contribution in [-0.2, 0) is 16.6 Å². The Kier molecular flexibility index (Phi) is 4.76. The van der Waals surface area contributed by atoms with Crippen LogP contribution in [0.3, 0.4) is 0 Å². The largest absolute Gasteiger partial charge is 0.289 e. The standard InChI is InChI=1S/C20H19FN2O4S/c21-16-8-9-17-15(12-16)13-22(11-10-18(17)14-4-3-5-14)28(26,27)20-7-2-1-6-19(20)23(24)25/h1-2,6-10,12,14H,3-5,11,13H2. The molecule has 1 saturated carbocycles. The Bertz CT molecular complexity index is 1080. The number of para-hydroxylation sites is 1. The van der Waals surface area contributed by atoms with E-state index in [-0.39, 0.29) is 18.0 Å². The summed E-state index contributed by atoms with van der Waals surface area (Å²) in [6.07, 6.45) is 5.05. The van der Waals surface area contributed by atoms with Crippen LogP contribution in [0.15, 0.2) is 53.4 Å². The van der Waals surface area contributed by atoms with E-state index in [1.54, 1.807) is 6.07 Å². The average Bonchev–Trinajstić information content (AvgIpc) is 2.80. The Morgan fingerprint density at radius 2 is 1.89 bits per heavy atom. The van der Waals surface area contributed by atoms with Gasteiger partial charge in [0.2, 0.25) is 10.0 Å². The molecule has 0 unspecified atom stereocenters. The van der Waals surface area contributed by atoms with Crippen LogP contribution in [0.25, 0.3) is 5.57 Å². The minimum atomic E-state index is -4.13. The molecule has 0 radical (unpaired) electrons. The van der Waals surface area contributed by atoms with Gasteiger partial charge in [-0.2, -0.15) is 4.31 Å². The van der Waals surface area contributed by atoms with Crippen molar-refractivity contribution in [3.63, 3.8) is 0 Å². The summed E-state index contributed by atoms with van der Waals surface area (Å²) in [5, 5.41) is 11.3. The summed E-state index contributed by atoms with van der Waals surface area (Å²) in [5.74, 6) is -0.0884. The number of hydrogen-bond acceptors (Lipinski definition) is 4. The summed E-state index contributed by atoms with van der Waals surface area (Å²) >= 11 is 0. The number of sulfonamides is 1. The van der Waals surface area contributed by atoms with Gasteiger partial charge in [0.1, 0.15) is 5.82 Å². The number of nitro groups is 1. The lowest BCUT2D eigenvalue weighted by Crippen LogP contribution is -2.31. The topological polar surface area (TPSA) is 80.5 Å². The van der Waals surface area contributed by atoms with E-state index in [0.29, 0.717) is 11.5 Å². The highest BCUT2D eigenvalue weighted by Crippen LogP contribution is 2.41. The molecule has 0 bridgehead atoms. The third-order valence-electron chi connectivity index (χ3n) is 5.46. The molecule has 2 aliphatic rings. The number of fused-ring (bicyclic) bond motifs is 1. The molecule has 1 aliphatic carbocycles. The number of nitro benzene ring substituents is 1. The van der Waals surface area contributed by atoms with Crippen molar-refractivity contribution >= 4 is 21.3 Å². The van der Waals surface area contributed by atoms with Gasteiger partial charge in [0.15, 0.2) is 4.90 Å². The summed E-state index contributed by atoms with van der Waals surface area (Å²) in [6.45, 7) is 0.0602. The van der Waals surface area contributed by atoms with Crippen LogP contribution in [0.2, 0.25) is 0 Å². The molecule has 6 nitrogen and oxygen atoms in total. The van der Waals surface area contributed by atoms with Crippen LogP contribution in [0.4, 0.5) is 10.1 Å². The monoisotopic (exact) mass is 402 g/mol. The van der Waals surface area contributed by atoms with Gasteiger partial charge in [-0.25, -0.2) is 12.8 Å². The van der Waals surface area contributed by atoms with Gasteiger partial charge in [0, 0.05) is 19.2 Å². The molecule has 1 aliphatic heterocycles. The van der Waals surface area contributed by atoms with E-state index >= 15 is 0 Å². The van der Waals surface area contributed by atoms with Crippen molar-refractivity contribution in [3.8, 4) is 0 Å². The van der Waals surface area contributed by atoms with Gasteiger partial charge in [-0.15, -0.1) is 0 Å². The molecule has 0 atom stereocenters. The molecular weight excluding hydrogens is 383 g/mol. The van der Waals surface area contributed by atoms with E-state index in [1.807, 2.05) is 6.08 Å². The van der Waals surface area contributed by atoms with Crippen molar-refractivity contribution < 1.29 is 17.7 Å². The van der Waals surface area contributed by atoms with E-state index in [0.717, 1.165) is 30.4 Å². The maximum atomic E-state index is 13.9. The van der Waals surface area contributed by atoms with Gasteiger partial charge < -0.3 is 0 Å². The SMILES string of the molecule is O=[N+]([O-])c1ccccc1S(=O)(=O)N1CC=C(C2CCC2)c2ccc(F)cc2C1. The zero-order valence-electron chi connectivity index (χ0n) is 15.0. The van der Waals surface area contributed by atoms with E-state index in [4.69, 9.17) is 0 Å². The number of allylic oxidation sites excluding steroid dienone is 1. The summed E-state index contributed by atoms with van der Waals surface area (Å²) in [6, 6.07) is 9.75. The van der Waals surface area contributed by atoms with Crippen molar-refractivity contribution in [1.82, 2.24) is 4.31 Å². The van der Waals surface area contributed by atoms with Gasteiger partial charge in [0.25, 0.3) is 5.69 Å². The summed E-state index contributed by atoms with van der Waals surface area (Å²) < 4.78 is 41.5. The summed E-state index contributed by atoms with van der Waals surface area (Å²) in [5.41, 5.74) is 2.03. The Morgan fingerprint density at radius 1 is 1.14 bits per heavy atom. The van der Waals surface area contributed by atoms with Crippen LogP contribution in [0.5, 0.6) is 0 Å². The molecule has 1 heterocycles. The second kappa shape index (κ2) is 7.10. The number of rotatable bonds is 4. The zero-order chi connectivity index (χ0) is 19.9. The van der Waals surface area contributed by atoms with Crippen LogP contribution in [0.1, 0.15) is 30.4 Å². The fraction of sp³-hybridized carbons (Fsp3) is 0.300. The summed E-state index contributed by atoms with van der Waals surface area (Å²) in [4.78, 5) is 10.3. The van der Waals surface area contributed by atoms with Gasteiger partial charge in [-0.05, 0) is 53.7 Å². The molecule has 4 rings (SSSR count). The third kappa shape index (κ3) is 3.22. The second-order valence-electron chi connectivity index (χ2n) is 7.11. The molecule has 0 N–H and O–H groups in total. The highest BCUT2D eigenvalue weighted by atomic mass is 32.2. The van der Waals surface area contributed by atoms with Crippen LogP contribution < -0.4 is 0 Å². The second-order valence-corrected chi connectivity index (χ2v) is 9.02. The molecule has 8 heteroatoms. The molecule has 2 aromatic carbocycles. The quantitative estimate of drug-likeness (QED) is 0.569. The first kappa shape index (κ1) is 18.8. The minimum Gasteiger partial charge on any atom is -0.258 e. The van der Waals surface area contributed by atoms with E-state index in [9.17, 15) is 22.9 Å². The lowest BCUT2D eigenvalue weighted by molar-refractivity contribution is -0.387. The number of benzene rings is 2. The molecule has 2 aromatic rings. The van der Waals surface area contributed by atoms with Gasteiger partial charge >= 0.3 is 0 Å². The van der Waals surface area contributed by atoms with Crippen LogP contribution in [-0.4, -0.2) is 24.2 Å². The molecular formula is C20H19FN2O4S. The maximum absolute atomic E-state index is 13.9. The molecule has 28 heavy (non-hydrogen) atoms. The predicted molar refractivity (Wildman–Crippen MR) is 102 cm³/mol. The van der Waals surface area contributed by atoms with Crippen molar-refractivity contribution in [2.75, 3.05) is 6.54 Å². The lowest BCUT2D eigenvalue weighted by atomic mass is 9.76. The molecule has 0 spiro atoms. The average molecular weight is 402 g/mol. The minimum absolute atomic E-state index is 0.0335. The van der Waals surface area contributed by atoms with E-state index in [1.165, 1.54) is 40.7 Å². The van der Waals surface area contributed by atoms with Gasteiger partial charge in [-0.3, -0.25) is 10.1 Å². The summed E-state index contributed by atoms with van der Waals surface area (Å²) in [7, 11) is -4.13. The maximum Gasteiger partial charge on any atom is 0.289 e. The first-order valence-corrected chi connectivity index (χ1v) is 10.5. The van der Waals surface area contributed by atoms with Crippen LogP contribution in [0, 0.1) is 21.8 Å². The smallest absolute Gasteiger partial charge is 0.258 e. The molecule has 0 amide bonds. The van der Waals surface area contributed by atoms with E-state index in [2.05, 4.69) is 0 Å². The van der Waals surface area contributed by atoms with Gasteiger partial charge in [-0.1, -0.05) is 30.7 Å². The van der Waals surface area contributed by atoms with Crippen molar-refractivity contribution in [3.05, 3.63) is 75.6 Å². The Balaban J connectivity index is 1.79. The predicted octanol–water partition coefficient (Wildman–Crippen LogP) is 4.12. The highest BCUT2D eigenvalue weighted by molar-refractivity contribution is 7.89. The van der Waals surface area contributed by atoms with E-state index < -0.39 is 26.5 Å². The number of nitrogens with zero attached hydrogens (tertiary/aromatic N) is 2.